The van der Waals surface area contributed by atoms with Gasteiger partial charge >= 0.3 is 6.18 Å². The van der Waals surface area contributed by atoms with E-state index in [2.05, 4.69) is 10.3 Å². The lowest BCUT2D eigenvalue weighted by molar-refractivity contribution is -0.137. The van der Waals surface area contributed by atoms with Crippen molar-refractivity contribution in [1.29, 1.82) is 0 Å². The molecular weight excluding hydrogens is 381 g/mol. The maximum absolute atomic E-state index is 13.2. The van der Waals surface area contributed by atoms with Crippen LogP contribution in [-0.2, 0) is 6.18 Å². The molecule has 3 aromatic carbocycles. The second-order valence-corrected chi connectivity index (χ2v) is 7.06. The van der Waals surface area contributed by atoms with Crippen LogP contribution < -0.4 is 5.32 Å². The molecule has 1 aromatic heterocycles. The number of aromatic nitrogens is 1. The quantitative estimate of drug-likeness (QED) is 0.393. The van der Waals surface area contributed by atoms with Crippen LogP contribution >= 0.6 is 11.3 Å². The van der Waals surface area contributed by atoms with Crippen LogP contribution in [0.25, 0.3) is 22.3 Å². The van der Waals surface area contributed by atoms with Gasteiger partial charge in [-0.15, -0.1) is 11.3 Å². The number of anilines is 2. The van der Waals surface area contributed by atoms with Crippen molar-refractivity contribution in [3.63, 3.8) is 0 Å². The summed E-state index contributed by atoms with van der Waals surface area (Å²) in [5, 5.41) is 5.55. The van der Waals surface area contributed by atoms with Gasteiger partial charge < -0.3 is 5.32 Å². The Labute approximate surface area is 164 Å². The Morgan fingerprint density at radius 3 is 2.11 bits per heavy atom. The Morgan fingerprint density at radius 1 is 0.786 bits per heavy atom. The zero-order valence-electron chi connectivity index (χ0n) is 14.6. The van der Waals surface area contributed by atoms with Crippen LogP contribution in [0.1, 0.15) is 5.56 Å². The minimum absolute atomic E-state index is 0.477. The van der Waals surface area contributed by atoms with E-state index < -0.39 is 11.7 Å². The standard InChI is InChI=1S/C22H15F3N2S/c23-22(24,25)18-10-11-20(27-21-26-12-13-28-21)19(14-18)17-8-6-16(7-9-17)15-4-2-1-3-5-15/h1-14H,(H,26,27). The average molecular weight is 396 g/mol. The molecule has 0 unspecified atom stereocenters. The van der Waals surface area contributed by atoms with Gasteiger partial charge in [-0.25, -0.2) is 4.98 Å². The van der Waals surface area contributed by atoms with E-state index in [1.807, 2.05) is 54.6 Å². The second-order valence-electron chi connectivity index (χ2n) is 6.16. The van der Waals surface area contributed by atoms with Gasteiger partial charge in [-0.3, -0.25) is 0 Å². The Bertz CT molecular complexity index is 1060. The van der Waals surface area contributed by atoms with Crippen molar-refractivity contribution in [3.05, 3.63) is 89.9 Å². The molecule has 0 atom stereocenters. The maximum atomic E-state index is 13.2. The zero-order chi connectivity index (χ0) is 19.6. The number of nitrogens with zero attached hydrogens (tertiary/aromatic N) is 1. The maximum Gasteiger partial charge on any atom is 0.416 e. The minimum Gasteiger partial charge on any atom is -0.331 e. The van der Waals surface area contributed by atoms with Gasteiger partial charge in [0.2, 0.25) is 0 Å². The van der Waals surface area contributed by atoms with E-state index in [9.17, 15) is 13.2 Å². The molecule has 1 N–H and O–H groups in total. The first-order valence-corrected chi connectivity index (χ1v) is 9.42. The largest absolute Gasteiger partial charge is 0.416 e. The summed E-state index contributed by atoms with van der Waals surface area (Å²) in [6.45, 7) is 0. The lowest BCUT2D eigenvalue weighted by Gasteiger charge is -2.15. The molecule has 0 saturated heterocycles. The fourth-order valence-electron chi connectivity index (χ4n) is 2.94. The average Bonchev–Trinajstić information content (AvgIpc) is 3.21. The van der Waals surface area contributed by atoms with Gasteiger partial charge in [-0.2, -0.15) is 13.2 Å². The SMILES string of the molecule is FC(F)(F)c1ccc(Nc2nccs2)c(-c2ccc(-c3ccccc3)cc2)c1. The summed E-state index contributed by atoms with van der Waals surface area (Å²) in [6.07, 6.45) is -2.76. The Balaban J connectivity index is 1.75. The van der Waals surface area contributed by atoms with E-state index in [-0.39, 0.29) is 0 Å². The van der Waals surface area contributed by atoms with E-state index in [0.717, 1.165) is 17.2 Å². The van der Waals surface area contributed by atoms with Crippen LogP contribution in [0.15, 0.2) is 84.4 Å². The lowest BCUT2D eigenvalue weighted by atomic mass is 9.97. The van der Waals surface area contributed by atoms with Crippen molar-refractivity contribution in [2.75, 3.05) is 5.32 Å². The van der Waals surface area contributed by atoms with Gasteiger partial charge in [0.25, 0.3) is 0 Å². The number of hydrogen-bond donors (Lipinski definition) is 1. The number of alkyl halides is 3. The first-order chi connectivity index (χ1) is 13.5. The van der Waals surface area contributed by atoms with Gasteiger partial charge in [0.1, 0.15) is 0 Å². The molecule has 0 radical (unpaired) electrons. The molecule has 0 spiro atoms. The highest BCUT2D eigenvalue weighted by Gasteiger charge is 2.31. The van der Waals surface area contributed by atoms with Crippen LogP contribution in [0.3, 0.4) is 0 Å². The zero-order valence-corrected chi connectivity index (χ0v) is 15.4. The number of hydrogen-bond acceptors (Lipinski definition) is 3. The van der Waals surface area contributed by atoms with Crippen LogP contribution in [0, 0.1) is 0 Å². The smallest absolute Gasteiger partial charge is 0.331 e. The molecule has 2 nitrogen and oxygen atoms in total. The van der Waals surface area contributed by atoms with Crippen LogP contribution in [-0.4, -0.2) is 4.98 Å². The van der Waals surface area contributed by atoms with Crippen LogP contribution in [0.4, 0.5) is 24.0 Å². The minimum atomic E-state index is -4.40. The van der Waals surface area contributed by atoms with Crippen molar-refractivity contribution in [1.82, 2.24) is 4.98 Å². The molecule has 0 amide bonds. The molecule has 0 aliphatic heterocycles. The number of thiazole rings is 1. The van der Waals surface area contributed by atoms with Gasteiger partial charge in [-0.1, -0.05) is 54.6 Å². The topological polar surface area (TPSA) is 24.9 Å². The van der Waals surface area contributed by atoms with E-state index in [4.69, 9.17) is 0 Å². The monoisotopic (exact) mass is 396 g/mol. The molecule has 4 rings (SSSR count). The van der Waals surface area contributed by atoms with Crippen molar-refractivity contribution < 1.29 is 13.2 Å². The fourth-order valence-corrected chi connectivity index (χ4v) is 3.48. The molecule has 28 heavy (non-hydrogen) atoms. The molecule has 6 heteroatoms. The van der Waals surface area contributed by atoms with Crippen molar-refractivity contribution in [2.45, 2.75) is 6.18 Å². The number of halogens is 3. The third-order valence-corrected chi connectivity index (χ3v) is 5.01. The predicted molar refractivity (Wildman–Crippen MR) is 108 cm³/mol. The molecule has 0 saturated carbocycles. The fraction of sp³-hybridized carbons (Fsp3) is 0.0455. The molecule has 0 aliphatic carbocycles. The van der Waals surface area contributed by atoms with Crippen molar-refractivity contribution >= 4 is 22.2 Å². The van der Waals surface area contributed by atoms with Crippen molar-refractivity contribution in [3.8, 4) is 22.3 Å². The predicted octanol–water partition coefficient (Wildman–Crippen LogP) is 7.24. The highest BCUT2D eigenvalue weighted by atomic mass is 32.1. The number of nitrogens with one attached hydrogen (secondary N) is 1. The van der Waals surface area contributed by atoms with E-state index >= 15 is 0 Å². The molecule has 0 fully saturated rings. The van der Waals surface area contributed by atoms with Gasteiger partial charge in [-0.05, 0) is 34.9 Å². The summed E-state index contributed by atoms with van der Waals surface area (Å²) in [7, 11) is 0. The second kappa shape index (κ2) is 7.48. The molecule has 0 bridgehead atoms. The summed E-state index contributed by atoms with van der Waals surface area (Å²) < 4.78 is 39.7. The first kappa shape index (κ1) is 18.3. The first-order valence-electron chi connectivity index (χ1n) is 8.54. The summed E-state index contributed by atoms with van der Waals surface area (Å²) in [4.78, 5) is 4.16. The molecule has 0 aliphatic rings. The highest BCUT2D eigenvalue weighted by molar-refractivity contribution is 7.13. The normalized spacial score (nSPS) is 11.4. The summed E-state index contributed by atoms with van der Waals surface area (Å²) >= 11 is 1.39. The molecule has 4 aromatic rings. The summed E-state index contributed by atoms with van der Waals surface area (Å²) in [6, 6.07) is 21.0. The van der Waals surface area contributed by atoms with Crippen LogP contribution in [0.2, 0.25) is 0 Å². The van der Waals surface area contributed by atoms with E-state index in [1.165, 1.54) is 23.5 Å². The number of benzene rings is 3. The van der Waals surface area contributed by atoms with Gasteiger partial charge in [0, 0.05) is 22.8 Å². The third-order valence-electron chi connectivity index (χ3n) is 4.32. The van der Waals surface area contributed by atoms with Gasteiger partial charge in [0.05, 0.1) is 5.56 Å². The summed E-state index contributed by atoms with van der Waals surface area (Å²) in [5.41, 5.74) is 3.13. The van der Waals surface area contributed by atoms with Crippen LogP contribution in [0.5, 0.6) is 0 Å². The molecule has 140 valence electrons. The highest BCUT2D eigenvalue weighted by Crippen LogP contribution is 2.38. The Hall–Kier alpha value is -3.12. The van der Waals surface area contributed by atoms with E-state index in [0.29, 0.717) is 21.9 Å². The van der Waals surface area contributed by atoms with Crippen molar-refractivity contribution in [2.24, 2.45) is 0 Å². The summed E-state index contributed by atoms with van der Waals surface area (Å²) in [5.74, 6) is 0. The van der Waals surface area contributed by atoms with Gasteiger partial charge in [0.15, 0.2) is 5.13 Å². The Morgan fingerprint density at radius 2 is 1.46 bits per heavy atom. The lowest BCUT2D eigenvalue weighted by Crippen LogP contribution is -2.05. The number of rotatable bonds is 4. The Kier molecular flexibility index (Phi) is 4.88. The van der Waals surface area contributed by atoms with E-state index in [1.54, 1.807) is 11.6 Å². The third kappa shape index (κ3) is 3.92. The molecule has 1 heterocycles. The molecular formula is C22H15F3N2S.